The lowest BCUT2D eigenvalue weighted by atomic mass is 9.91. The molecule has 7 heteroatoms. The van der Waals surface area contributed by atoms with E-state index in [0.29, 0.717) is 13.0 Å². The zero-order valence-corrected chi connectivity index (χ0v) is 13.4. The Bertz CT molecular complexity index is 518. The van der Waals surface area contributed by atoms with Crippen LogP contribution >= 0.6 is 0 Å². The Kier molecular flexibility index (Phi) is 6.18. The van der Waals surface area contributed by atoms with Crippen LogP contribution in [-0.2, 0) is 16.6 Å². The van der Waals surface area contributed by atoms with Crippen LogP contribution in [0.25, 0.3) is 0 Å². The highest BCUT2D eigenvalue weighted by Gasteiger charge is 2.33. The summed E-state index contributed by atoms with van der Waals surface area (Å²) in [6.45, 7) is 5.13. The molecule has 0 aliphatic carbocycles. The maximum absolute atomic E-state index is 13.1. The fourth-order valence-corrected chi connectivity index (χ4v) is 2.17. The van der Waals surface area contributed by atoms with Gasteiger partial charge < -0.3 is 15.5 Å². The molecule has 0 fully saturated rings. The first-order valence-electron chi connectivity index (χ1n) is 7.35. The van der Waals surface area contributed by atoms with Crippen molar-refractivity contribution in [2.24, 2.45) is 0 Å². The van der Waals surface area contributed by atoms with E-state index in [9.17, 15) is 23.1 Å². The first kappa shape index (κ1) is 19.4. The SMILES string of the molecule is CCCNC(CC(=O)O)c1cc(C(C)(C)O)cc(C(F)(F)F)c1. The van der Waals surface area contributed by atoms with E-state index >= 15 is 0 Å². The highest BCUT2D eigenvalue weighted by Crippen LogP contribution is 2.35. The molecule has 0 aliphatic heterocycles. The number of alkyl halides is 3. The maximum atomic E-state index is 13.1. The number of halogens is 3. The van der Waals surface area contributed by atoms with Crippen molar-refractivity contribution in [3.63, 3.8) is 0 Å². The Morgan fingerprint density at radius 3 is 2.22 bits per heavy atom. The number of hydrogen-bond acceptors (Lipinski definition) is 3. The molecule has 1 aromatic carbocycles. The Morgan fingerprint density at radius 2 is 1.78 bits per heavy atom. The van der Waals surface area contributed by atoms with Crippen molar-refractivity contribution in [2.45, 2.75) is 51.4 Å². The van der Waals surface area contributed by atoms with Crippen molar-refractivity contribution in [3.05, 3.63) is 34.9 Å². The minimum absolute atomic E-state index is 0.0935. The van der Waals surface area contributed by atoms with Crippen LogP contribution in [0.5, 0.6) is 0 Å². The number of aliphatic hydroxyl groups is 1. The van der Waals surface area contributed by atoms with E-state index in [1.807, 2.05) is 6.92 Å². The summed E-state index contributed by atoms with van der Waals surface area (Å²) in [5.74, 6) is -1.11. The fourth-order valence-electron chi connectivity index (χ4n) is 2.17. The number of benzene rings is 1. The highest BCUT2D eigenvalue weighted by molar-refractivity contribution is 5.68. The maximum Gasteiger partial charge on any atom is 0.416 e. The van der Waals surface area contributed by atoms with Gasteiger partial charge in [0.1, 0.15) is 0 Å². The van der Waals surface area contributed by atoms with Gasteiger partial charge in [0.25, 0.3) is 0 Å². The third-order valence-corrected chi connectivity index (χ3v) is 3.41. The molecule has 0 aromatic heterocycles. The van der Waals surface area contributed by atoms with E-state index in [2.05, 4.69) is 5.32 Å². The number of carbonyl (C=O) groups is 1. The van der Waals surface area contributed by atoms with Crippen LogP contribution in [-0.4, -0.2) is 22.7 Å². The quantitative estimate of drug-likeness (QED) is 0.715. The standard InChI is InChI=1S/C16H22F3NO3/c1-4-5-20-13(9-14(21)22)10-6-11(15(2,3)23)8-12(7-10)16(17,18)19/h6-8,13,20,23H,4-5,9H2,1-3H3,(H,21,22). The normalized spacial score (nSPS) is 13.9. The molecular weight excluding hydrogens is 311 g/mol. The number of rotatable bonds is 7. The van der Waals surface area contributed by atoms with Crippen LogP contribution in [0, 0.1) is 0 Å². The molecule has 130 valence electrons. The van der Waals surface area contributed by atoms with Crippen LogP contribution in [0.3, 0.4) is 0 Å². The summed E-state index contributed by atoms with van der Waals surface area (Å²) in [6.07, 6.45) is -4.20. The molecule has 1 unspecified atom stereocenters. The van der Waals surface area contributed by atoms with Gasteiger partial charge in [-0.05, 0) is 50.1 Å². The predicted molar refractivity (Wildman–Crippen MR) is 80.0 cm³/mol. The minimum atomic E-state index is -4.57. The van der Waals surface area contributed by atoms with Crippen LogP contribution in [0.2, 0.25) is 0 Å². The van der Waals surface area contributed by atoms with Crippen LogP contribution < -0.4 is 5.32 Å². The number of carboxylic acid groups (broad SMARTS) is 1. The lowest BCUT2D eigenvalue weighted by Crippen LogP contribution is -2.26. The molecule has 0 saturated heterocycles. The number of carboxylic acids is 1. The largest absolute Gasteiger partial charge is 0.481 e. The monoisotopic (exact) mass is 333 g/mol. The summed E-state index contributed by atoms with van der Waals surface area (Å²) >= 11 is 0. The Balaban J connectivity index is 3.37. The lowest BCUT2D eigenvalue weighted by Gasteiger charge is -2.24. The zero-order valence-electron chi connectivity index (χ0n) is 13.4. The minimum Gasteiger partial charge on any atom is -0.481 e. The fraction of sp³-hybridized carbons (Fsp3) is 0.562. The van der Waals surface area contributed by atoms with E-state index < -0.39 is 29.4 Å². The molecule has 3 N–H and O–H groups in total. The molecule has 0 bridgehead atoms. The summed E-state index contributed by atoms with van der Waals surface area (Å²) < 4.78 is 39.3. The van der Waals surface area contributed by atoms with E-state index in [1.54, 1.807) is 0 Å². The van der Waals surface area contributed by atoms with Crippen LogP contribution in [0.1, 0.15) is 56.3 Å². The second kappa shape index (κ2) is 7.31. The molecule has 1 atom stereocenters. The molecular formula is C16H22F3NO3. The molecule has 0 heterocycles. The van der Waals surface area contributed by atoms with Gasteiger partial charge in [0.2, 0.25) is 0 Å². The van der Waals surface area contributed by atoms with Crippen molar-refractivity contribution in [2.75, 3.05) is 6.54 Å². The molecule has 0 saturated carbocycles. The number of hydrogen-bond donors (Lipinski definition) is 3. The number of aliphatic carboxylic acids is 1. The van der Waals surface area contributed by atoms with Gasteiger partial charge in [0, 0.05) is 6.04 Å². The third kappa shape index (κ3) is 5.84. The molecule has 0 radical (unpaired) electrons. The second-order valence-corrected chi connectivity index (χ2v) is 6.01. The molecule has 1 aromatic rings. The molecule has 0 spiro atoms. The highest BCUT2D eigenvalue weighted by atomic mass is 19.4. The smallest absolute Gasteiger partial charge is 0.416 e. The Labute approximate surface area is 133 Å². The van der Waals surface area contributed by atoms with E-state index in [0.717, 1.165) is 12.1 Å². The Hall–Kier alpha value is -1.60. The van der Waals surface area contributed by atoms with Gasteiger partial charge in [-0.3, -0.25) is 4.79 Å². The second-order valence-electron chi connectivity index (χ2n) is 6.01. The summed E-state index contributed by atoms with van der Waals surface area (Å²) in [4.78, 5) is 11.0. The van der Waals surface area contributed by atoms with Crippen LogP contribution in [0.15, 0.2) is 18.2 Å². The van der Waals surface area contributed by atoms with Crippen molar-refractivity contribution in [1.29, 1.82) is 0 Å². The van der Waals surface area contributed by atoms with E-state index in [1.165, 1.54) is 19.9 Å². The van der Waals surface area contributed by atoms with Gasteiger partial charge in [-0.2, -0.15) is 13.2 Å². The van der Waals surface area contributed by atoms with E-state index in [-0.39, 0.29) is 17.5 Å². The molecule has 4 nitrogen and oxygen atoms in total. The van der Waals surface area contributed by atoms with E-state index in [4.69, 9.17) is 5.11 Å². The van der Waals surface area contributed by atoms with Gasteiger partial charge in [0.05, 0.1) is 17.6 Å². The molecule has 0 amide bonds. The first-order chi connectivity index (χ1) is 10.4. The average molecular weight is 333 g/mol. The number of nitrogens with one attached hydrogen (secondary N) is 1. The van der Waals surface area contributed by atoms with Crippen molar-refractivity contribution in [3.8, 4) is 0 Å². The zero-order chi connectivity index (χ0) is 17.8. The van der Waals surface area contributed by atoms with Gasteiger partial charge in [-0.15, -0.1) is 0 Å². The summed E-state index contributed by atoms with van der Waals surface area (Å²) in [6, 6.07) is 2.49. The lowest BCUT2D eigenvalue weighted by molar-refractivity contribution is -0.138. The average Bonchev–Trinajstić information content (AvgIpc) is 2.40. The topological polar surface area (TPSA) is 69.6 Å². The van der Waals surface area contributed by atoms with Gasteiger partial charge in [-0.25, -0.2) is 0 Å². The van der Waals surface area contributed by atoms with Crippen molar-refractivity contribution >= 4 is 5.97 Å². The van der Waals surface area contributed by atoms with Crippen molar-refractivity contribution in [1.82, 2.24) is 5.32 Å². The summed E-state index contributed by atoms with van der Waals surface area (Å²) in [5.41, 5.74) is -2.07. The predicted octanol–water partition coefficient (Wildman–Crippen LogP) is 3.45. The first-order valence-corrected chi connectivity index (χ1v) is 7.35. The van der Waals surface area contributed by atoms with Gasteiger partial charge in [-0.1, -0.05) is 13.0 Å². The third-order valence-electron chi connectivity index (χ3n) is 3.41. The molecule has 23 heavy (non-hydrogen) atoms. The molecule has 1 rings (SSSR count). The van der Waals surface area contributed by atoms with Gasteiger partial charge >= 0.3 is 12.1 Å². The van der Waals surface area contributed by atoms with Gasteiger partial charge in [0.15, 0.2) is 0 Å². The molecule has 0 aliphatic rings. The van der Waals surface area contributed by atoms with Crippen LogP contribution in [0.4, 0.5) is 13.2 Å². The van der Waals surface area contributed by atoms with Crippen molar-refractivity contribution < 1.29 is 28.2 Å². The summed E-state index contributed by atoms with van der Waals surface area (Å²) in [7, 11) is 0. The Morgan fingerprint density at radius 1 is 1.22 bits per heavy atom. The summed E-state index contributed by atoms with van der Waals surface area (Å²) in [5, 5.41) is 22.0.